The van der Waals surface area contributed by atoms with E-state index >= 15 is 0 Å². The van der Waals surface area contributed by atoms with Crippen molar-refractivity contribution in [1.82, 2.24) is 4.98 Å². The number of hydrogen-bond donors (Lipinski definition) is 1. The number of allylic oxidation sites excluding steroid dienone is 1. The first-order chi connectivity index (χ1) is 7.44. The molecule has 0 bridgehead atoms. The number of nitrogens with zero attached hydrogens (tertiary/aromatic N) is 1. The first-order valence-electron chi connectivity index (χ1n) is 5.81. The van der Waals surface area contributed by atoms with Crippen LogP contribution in [0.4, 0.5) is 0 Å². The molecule has 2 N–H and O–H groups in total. The van der Waals surface area contributed by atoms with Crippen molar-refractivity contribution in [2.45, 2.75) is 46.1 Å². The van der Waals surface area contributed by atoms with Crippen LogP contribution < -0.4 is 5.73 Å². The predicted molar refractivity (Wildman–Crippen MR) is 69.6 cm³/mol. The summed E-state index contributed by atoms with van der Waals surface area (Å²) in [5.74, 6) is 0. The minimum atomic E-state index is 0.221. The lowest BCUT2D eigenvalue weighted by atomic mass is 9.74. The molecule has 1 atom stereocenters. The van der Waals surface area contributed by atoms with Crippen molar-refractivity contribution in [1.29, 1.82) is 0 Å². The van der Waals surface area contributed by atoms with E-state index in [1.54, 1.807) is 11.3 Å². The van der Waals surface area contributed by atoms with E-state index < -0.39 is 0 Å². The molecule has 16 heavy (non-hydrogen) atoms. The van der Waals surface area contributed by atoms with Gasteiger partial charge in [-0.25, -0.2) is 4.98 Å². The fourth-order valence-corrected chi connectivity index (χ4v) is 3.20. The zero-order chi connectivity index (χ0) is 11.8. The van der Waals surface area contributed by atoms with Gasteiger partial charge in [0, 0.05) is 17.8 Å². The van der Waals surface area contributed by atoms with Gasteiger partial charge < -0.3 is 5.73 Å². The van der Waals surface area contributed by atoms with Crippen LogP contribution in [-0.2, 0) is 6.42 Å². The van der Waals surface area contributed by atoms with Crippen molar-refractivity contribution in [3.8, 4) is 0 Å². The van der Waals surface area contributed by atoms with Crippen molar-refractivity contribution >= 4 is 11.3 Å². The Kier molecular flexibility index (Phi) is 3.17. The molecular weight excluding hydrogens is 216 g/mol. The number of nitrogens with two attached hydrogens (primary N) is 1. The second kappa shape index (κ2) is 4.30. The fourth-order valence-electron chi connectivity index (χ4n) is 2.59. The number of thiazole rings is 1. The lowest BCUT2D eigenvalue weighted by Crippen LogP contribution is -2.31. The van der Waals surface area contributed by atoms with Gasteiger partial charge in [-0.2, -0.15) is 0 Å². The molecule has 2 nitrogen and oxygen atoms in total. The van der Waals surface area contributed by atoms with Crippen molar-refractivity contribution in [3.05, 3.63) is 27.7 Å². The van der Waals surface area contributed by atoms with Crippen LogP contribution in [0.15, 0.2) is 17.0 Å². The normalized spacial score (nSPS) is 24.2. The van der Waals surface area contributed by atoms with E-state index in [-0.39, 0.29) is 6.04 Å². The molecule has 3 heteroatoms. The van der Waals surface area contributed by atoms with Gasteiger partial charge in [0.25, 0.3) is 0 Å². The molecule has 0 saturated heterocycles. The van der Waals surface area contributed by atoms with Crippen LogP contribution in [0.3, 0.4) is 0 Å². The summed E-state index contributed by atoms with van der Waals surface area (Å²) >= 11 is 1.72. The first kappa shape index (κ1) is 11.8. The predicted octanol–water partition coefficient (Wildman–Crippen LogP) is 3.07. The fraction of sp³-hybridized carbons (Fsp3) is 0.615. The summed E-state index contributed by atoms with van der Waals surface area (Å²) in [5, 5.41) is 3.30. The second-order valence-corrected chi connectivity index (χ2v) is 6.63. The number of aromatic nitrogens is 1. The average Bonchev–Trinajstić information content (AvgIpc) is 2.46. The summed E-state index contributed by atoms with van der Waals surface area (Å²) < 4.78 is 0. The van der Waals surface area contributed by atoms with Crippen molar-refractivity contribution in [2.75, 3.05) is 0 Å². The maximum atomic E-state index is 6.07. The van der Waals surface area contributed by atoms with Gasteiger partial charge in [0.1, 0.15) is 0 Å². The third-order valence-electron chi connectivity index (χ3n) is 3.02. The zero-order valence-corrected chi connectivity index (χ0v) is 11.1. The van der Waals surface area contributed by atoms with Crippen molar-refractivity contribution in [2.24, 2.45) is 11.1 Å². The lowest BCUT2D eigenvalue weighted by molar-refractivity contribution is 0.299. The van der Waals surface area contributed by atoms with Gasteiger partial charge in [0.15, 0.2) is 0 Å². The number of aryl methyl sites for hydroxylation is 1. The Morgan fingerprint density at radius 2 is 2.31 bits per heavy atom. The third-order valence-corrected chi connectivity index (χ3v) is 3.84. The van der Waals surface area contributed by atoms with Crippen LogP contribution in [0.2, 0.25) is 0 Å². The van der Waals surface area contributed by atoms with Crippen LogP contribution in [0.1, 0.15) is 37.4 Å². The van der Waals surface area contributed by atoms with E-state index in [9.17, 15) is 0 Å². The van der Waals surface area contributed by atoms with E-state index in [2.05, 4.69) is 37.2 Å². The Hall–Kier alpha value is -0.670. The van der Waals surface area contributed by atoms with Gasteiger partial charge in [-0.05, 0) is 25.2 Å². The topological polar surface area (TPSA) is 38.9 Å². The van der Waals surface area contributed by atoms with Gasteiger partial charge in [-0.1, -0.05) is 25.5 Å². The van der Waals surface area contributed by atoms with Gasteiger partial charge in [-0.15, -0.1) is 11.3 Å². The summed E-state index contributed by atoms with van der Waals surface area (Å²) in [4.78, 5) is 4.51. The molecule has 0 fully saturated rings. The van der Waals surface area contributed by atoms with E-state index in [1.807, 2.05) is 0 Å². The maximum Gasteiger partial charge on any atom is 0.0897 e. The number of rotatable bonds is 2. The van der Waals surface area contributed by atoms with Gasteiger partial charge in [0.2, 0.25) is 0 Å². The highest BCUT2D eigenvalue weighted by Crippen LogP contribution is 2.35. The second-order valence-electron chi connectivity index (χ2n) is 5.57. The van der Waals surface area contributed by atoms with E-state index in [0.29, 0.717) is 5.41 Å². The standard InChI is InChI=1S/C13H20N2S/c1-9-15-12(8-16-9)5-10-4-11(14)7-13(2,3)6-10/h4,8,11H,5-7,14H2,1-3H3. The first-order valence-corrected chi connectivity index (χ1v) is 6.69. The SMILES string of the molecule is Cc1nc(CC2=CC(N)CC(C)(C)C2)cs1. The molecule has 0 radical (unpaired) electrons. The minimum absolute atomic E-state index is 0.221. The van der Waals surface area contributed by atoms with Gasteiger partial charge >= 0.3 is 0 Å². The van der Waals surface area contributed by atoms with E-state index in [1.165, 1.54) is 11.3 Å². The molecule has 1 aliphatic carbocycles. The number of hydrogen-bond acceptors (Lipinski definition) is 3. The third kappa shape index (κ3) is 2.92. The molecule has 1 aromatic heterocycles. The maximum absolute atomic E-state index is 6.07. The Bertz CT molecular complexity index is 404. The lowest BCUT2D eigenvalue weighted by Gasteiger charge is -2.33. The van der Waals surface area contributed by atoms with E-state index in [4.69, 9.17) is 5.73 Å². The molecular formula is C13H20N2S. The van der Waals surface area contributed by atoms with Crippen LogP contribution in [0.5, 0.6) is 0 Å². The largest absolute Gasteiger partial charge is 0.324 e. The monoisotopic (exact) mass is 236 g/mol. The molecule has 0 saturated carbocycles. The van der Waals surface area contributed by atoms with Crippen molar-refractivity contribution < 1.29 is 0 Å². The van der Waals surface area contributed by atoms with Crippen LogP contribution in [0, 0.1) is 12.3 Å². The Labute approximate surface area is 102 Å². The van der Waals surface area contributed by atoms with Crippen LogP contribution >= 0.6 is 11.3 Å². The highest BCUT2D eigenvalue weighted by atomic mass is 32.1. The zero-order valence-electron chi connectivity index (χ0n) is 10.3. The van der Waals surface area contributed by atoms with Crippen LogP contribution in [0.25, 0.3) is 0 Å². The molecule has 88 valence electrons. The molecule has 1 aliphatic rings. The van der Waals surface area contributed by atoms with Gasteiger partial charge in [0.05, 0.1) is 10.7 Å². The van der Waals surface area contributed by atoms with Crippen molar-refractivity contribution in [3.63, 3.8) is 0 Å². The summed E-state index contributed by atoms with van der Waals surface area (Å²) in [6.45, 7) is 6.65. The molecule has 2 rings (SSSR count). The van der Waals surface area contributed by atoms with Gasteiger partial charge in [-0.3, -0.25) is 0 Å². The summed E-state index contributed by atoms with van der Waals surface area (Å²) in [6, 6.07) is 0.221. The molecule has 0 aliphatic heterocycles. The molecule has 1 unspecified atom stereocenters. The van der Waals surface area contributed by atoms with E-state index in [0.717, 1.165) is 24.3 Å². The quantitative estimate of drug-likeness (QED) is 0.802. The Balaban J connectivity index is 2.10. The molecule has 1 aromatic rings. The Morgan fingerprint density at radius 3 is 2.88 bits per heavy atom. The summed E-state index contributed by atoms with van der Waals surface area (Å²) in [7, 11) is 0. The smallest absolute Gasteiger partial charge is 0.0897 e. The molecule has 1 heterocycles. The summed E-state index contributed by atoms with van der Waals surface area (Å²) in [5.41, 5.74) is 9.05. The summed E-state index contributed by atoms with van der Waals surface area (Å²) in [6.07, 6.45) is 5.45. The molecule has 0 aromatic carbocycles. The Morgan fingerprint density at radius 1 is 1.56 bits per heavy atom. The highest BCUT2D eigenvalue weighted by molar-refractivity contribution is 7.09. The minimum Gasteiger partial charge on any atom is -0.324 e. The molecule has 0 amide bonds. The van der Waals surface area contributed by atoms with Crippen LogP contribution in [-0.4, -0.2) is 11.0 Å². The molecule has 0 spiro atoms. The average molecular weight is 236 g/mol. The highest BCUT2D eigenvalue weighted by Gasteiger charge is 2.26.